The SMILES string of the molecule is COc1ccc(/C(N)=N/O)c(N2CCCN(C)CC2C)c1. The number of rotatable bonds is 3. The lowest BCUT2D eigenvalue weighted by Crippen LogP contribution is -2.39. The monoisotopic (exact) mass is 292 g/mol. The summed E-state index contributed by atoms with van der Waals surface area (Å²) in [5.74, 6) is 0.891. The molecule has 1 atom stereocenters. The summed E-state index contributed by atoms with van der Waals surface area (Å²) in [5, 5.41) is 12.2. The third kappa shape index (κ3) is 3.39. The number of anilines is 1. The maximum atomic E-state index is 9.01. The van der Waals surface area contributed by atoms with Crippen LogP contribution in [0.4, 0.5) is 5.69 Å². The van der Waals surface area contributed by atoms with Crippen LogP contribution in [0.3, 0.4) is 0 Å². The zero-order valence-electron chi connectivity index (χ0n) is 12.9. The molecule has 1 aliphatic rings. The van der Waals surface area contributed by atoms with Gasteiger partial charge < -0.3 is 25.5 Å². The molecule has 21 heavy (non-hydrogen) atoms. The maximum Gasteiger partial charge on any atom is 0.172 e. The van der Waals surface area contributed by atoms with Crippen molar-refractivity contribution in [2.75, 3.05) is 38.7 Å². The van der Waals surface area contributed by atoms with Gasteiger partial charge in [0.15, 0.2) is 5.84 Å². The summed E-state index contributed by atoms with van der Waals surface area (Å²) in [5.41, 5.74) is 7.51. The highest BCUT2D eigenvalue weighted by atomic mass is 16.5. The normalized spacial score (nSPS) is 21.2. The van der Waals surface area contributed by atoms with Gasteiger partial charge in [0, 0.05) is 30.8 Å². The highest BCUT2D eigenvalue weighted by molar-refractivity contribution is 6.02. The number of likely N-dealkylation sites (N-methyl/N-ethyl adjacent to an activating group) is 1. The Bertz CT molecular complexity index is 518. The molecule has 0 saturated carbocycles. The number of hydrogen-bond donors (Lipinski definition) is 2. The molecule has 0 aliphatic carbocycles. The molecule has 1 unspecified atom stereocenters. The molecule has 0 spiro atoms. The summed E-state index contributed by atoms with van der Waals surface area (Å²) < 4.78 is 5.32. The topological polar surface area (TPSA) is 74.3 Å². The zero-order valence-corrected chi connectivity index (χ0v) is 12.9. The van der Waals surface area contributed by atoms with E-state index in [4.69, 9.17) is 15.7 Å². The summed E-state index contributed by atoms with van der Waals surface area (Å²) in [7, 11) is 3.78. The van der Waals surface area contributed by atoms with Crippen LogP contribution in [0.25, 0.3) is 0 Å². The number of nitrogens with two attached hydrogens (primary N) is 1. The van der Waals surface area contributed by atoms with Crippen LogP contribution in [0.2, 0.25) is 0 Å². The first-order valence-electron chi connectivity index (χ1n) is 7.18. The van der Waals surface area contributed by atoms with E-state index in [9.17, 15) is 0 Å². The van der Waals surface area contributed by atoms with E-state index in [2.05, 4.69) is 28.9 Å². The van der Waals surface area contributed by atoms with Gasteiger partial charge in [0.2, 0.25) is 0 Å². The fourth-order valence-corrected chi connectivity index (χ4v) is 2.88. The van der Waals surface area contributed by atoms with Crippen LogP contribution >= 0.6 is 0 Å². The molecule has 0 bridgehead atoms. The van der Waals surface area contributed by atoms with E-state index in [0.29, 0.717) is 6.04 Å². The number of hydrogen-bond acceptors (Lipinski definition) is 5. The van der Waals surface area contributed by atoms with E-state index in [-0.39, 0.29) is 5.84 Å². The van der Waals surface area contributed by atoms with Gasteiger partial charge in [0.1, 0.15) is 5.75 Å². The molecule has 6 nitrogen and oxygen atoms in total. The van der Waals surface area contributed by atoms with E-state index in [1.807, 2.05) is 18.2 Å². The van der Waals surface area contributed by atoms with Gasteiger partial charge in [-0.15, -0.1) is 0 Å². The molecule has 0 radical (unpaired) electrons. The predicted octanol–water partition coefficient (Wildman–Crippen LogP) is 1.32. The molecule has 1 saturated heterocycles. The van der Waals surface area contributed by atoms with Gasteiger partial charge in [-0.25, -0.2) is 0 Å². The quantitative estimate of drug-likeness (QED) is 0.380. The first-order valence-corrected chi connectivity index (χ1v) is 7.18. The van der Waals surface area contributed by atoms with Gasteiger partial charge in [-0.2, -0.15) is 0 Å². The molecule has 116 valence electrons. The van der Waals surface area contributed by atoms with Crippen molar-refractivity contribution in [3.05, 3.63) is 23.8 Å². The standard InChI is InChI=1S/C15H24N4O2/c1-11-10-18(2)7-4-8-19(11)14-9-12(21-3)5-6-13(14)15(16)17-20/h5-6,9,11,20H,4,7-8,10H2,1-3H3,(H2,16,17). The fraction of sp³-hybridized carbons (Fsp3) is 0.533. The Morgan fingerprint density at radius 1 is 1.43 bits per heavy atom. The lowest BCUT2D eigenvalue weighted by molar-refractivity contribution is 0.318. The molecule has 6 heteroatoms. The first-order chi connectivity index (χ1) is 10.1. The lowest BCUT2D eigenvalue weighted by Gasteiger charge is -2.32. The molecule has 1 heterocycles. The molecule has 1 fully saturated rings. The minimum absolute atomic E-state index is 0.123. The molecule has 0 aromatic heterocycles. The van der Waals surface area contributed by atoms with Crippen molar-refractivity contribution in [3.8, 4) is 5.75 Å². The minimum atomic E-state index is 0.123. The van der Waals surface area contributed by atoms with Crippen LogP contribution in [0, 0.1) is 0 Å². The largest absolute Gasteiger partial charge is 0.497 e. The van der Waals surface area contributed by atoms with Crippen molar-refractivity contribution in [2.45, 2.75) is 19.4 Å². The molecule has 0 amide bonds. The highest BCUT2D eigenvalue weighted by Gasteiger charge is 2.23. The first kappa shape index (κ1) is 15.4. The van der Waals surface area contributed by atoms with Crippen molar-refractivity contribution >= 4 is 11.5 Å². The Balaban J connectivity index is 2.44. The Labute approximate surface area is 125 Å². The maximum absolute atomic E-state index is 9.01. The summed E-state index contributed by atoms with van der Waals surface area (Å²) in [4.78, 5) is 4.63. The summed E-state index contributed by atoms with van der Waals surface area (Å²) in [6, 6.07) is 5.96. The van der Waals surface area contributed by atoms with Crippen LogP contribution in [-0.2, 0) is 0 Å². The molecule has 2 rings (SSSR count). The van der Waals surface area contributed by atoms with Crippen molar-refractivity contribution in [3.63, 3.8) is 0 Å². The van der Waals surface area contributed by atoms with Gasteiger partial charge in [0.25, 0.3) is 0 Å². The van der Waals surface area contributed by atoms with Crippen molar-refractivity contribution in [1.29, 1.82) is 0 Å². The van der Waals surface area contributed by atoms with Gasteiger partial charge in [0.05, 0.1) is 12.8 Å². The molecule has 1 aromatic carbocycles. The van der Waals surface area contributed by atoms with E-state index in [0.717, 1.165) is 43.1 Å². The third-order valence-electron chi connectivity index (χ3n) is 3.94. The molecular formula is C15H24N4O2. The van der Waals surface area contributed by atoms with E-state index in [1.54, 1.807) is 7.11 Å². The molecular weight excluding hydrogens is 268 g/mol. The van der Waals surface area contributed by atoms with Gasteiger partial charge in [-0.3, -0.25) is 0 Å². The third-order valence-corrected chi connectivity index (χ3v) is 3.94. The molecule has 1 aromatic rings. The van der Waals surface area contributed by atoms with Crippen molar-refractivity contribution in [1.82, 2.24) is 4.90 Å². The second-order valence-corrected chi connectivity index (χ2v) is 5.53. The number of benzene rings is 1. The van der Waals surface area contributed by atoms with E-state index in [1.165, 1.54) is 0 Å². The average Bonchev–Trinajstić information content (AvgIpc) is 2.66. The fourth-order valence-electron chi connectivity index (χ4n) is 2.88. The predicted molar refractivity (Wildman–Crippen MR) is 84.4 cm³/mol. The van der Waals surface area contributed by atoms with Crippen LogP contribution in [0.1, 0.15) is 18.9 Å². The average molecular weight is 292 g/mol. The Kier molecular flexibility index (Phi) is 4.90. The number of ether oxygens (including phenoxy) is 1. The van der Waals surface area contributed by atoms with Crippen molar-refractivity contribution < 1.29 is 9.94 Å². The molecule has 1 aliphatic heterocycles. The van der Waals surface area contributed by atoms with E-state index < -0.39 is 0 Å². The summed E-state index contributed by atoms with van der Waals surface area (Å²) in [6.45, 7) is 5.18. The molecule has 3 N–H and O–H groups in total. The van der Waals surface area contributed by atoms with Gasteiger partial charge in [-0.05, 0) is 39.1 Å². The van der Waals surface area contributed by atoms with Crippen molar-refractivity contribution in [2.24, 2.45) is 10.9 Å². The number of nitrogens with zero attached hydrogens (tertiary/aromatic N) is 3. The lowest BCUT2D eigenvalue weighted by atomic mass is 10.1. The van der Waals surface area contributed by atoms with Gasteiger partial charge in [-0.1, -0.05) is 5.16 Å². The Hall–Kier alpha value is -1.95. The zero-order chi connectivity index (χ0) is 15.4. The second-order valence-electron chi connectivity index (χ2n) is 5.53. The van der Waals surface area contributed by atoms with Crippen LogP contribution in [0.5, 0.6) is 5.75 Å². The number of amidine groups is 1. The Morgan fingerprint density at radius 2 is 2.19 bits per heavy atom. The number of oxime groups is 1. The minimum Gasteiger partial charge on any atom is -0.497 e. The summed E-state index contributed by atoms with van der Waals surface area (Å²) >= 11 is 0. The highest BCUT2D eigenvalue weighted by Crippen LogP contribution is 2.29. The smallest absolute Gasteiger partial charge is 0.172 e. The van der Waals surface area contributed by atoms with Crippen LogP contribution in [0.15, 0.2) is 23.4 Å². The number of methoxy groups -OCH3 is 1. The Morgan fingerprint density at radius 3 is 2.86 bits per heavy atom. The van der Waals surface area contributed by atoms with Gasteiger partial charge >= 0.3 is 0 Å². The summed E-state index contributed by atoms with van der Waals surface area (Å²) in [6.07, 6.45) is 1.08. The second kappa shape index (κ2) is 6.67. The van der Waals surface area contributed by atoms with Crippen LogP contribution in [-0.4, -0.2) is 55.8 Å². The van der Waals surface area contributed by atoms with E-state index >= 15 is 0 Å². The van der Waals surface area contributed by atoms with Crippen LogP contribution < -0.4 is 15.4 Å².